The van der Waals surface area contributed by atoms with Gasteiger partial charge in [0.2, 0.25) is 0 Å². The topological polar surface area (TPSA) is 102 Å². The number of amides is 1. The fraction of sp³-hybridized carbons (Fsp3) is 0.267. The minimum absolute atomic E-state index is 0.0791. The van der Waals surface area contributed by atoms with Crippen molar-refractivity contribution in [1.82, 2.24) is 4.98 Å². The Morgan fingerprint density at radius 2 is 1.92 bits per heavy atom. The van der Waals surface area contributed by atoms with Gasteiger partial charge < -0.3 is 4.74 Å². The highest BCUT2D eigenvalue weighted by Gasteiger charge is 2.14. The molecule has 2 aromatic rings. The van der Waals surface area contributed by atoms with Gasteiger partial charge in [-0.1, -0.05) is 12.1 Å². The number of hydrogen-bond donors (Lipinski definition) is 1. The van der Waals surface area contributed by atoms with Gasteiger partial charge in [0.15, 0.2) is 20.7 Å². The number of benzene rings is 1. The van der Waals surface area contributed by atoms with Gasteiger partial charge in [0.1, 0.15) is 0 Å². The molecule has 2 rings (SSSR count). The Kier molecular flexibility index (Phi) is 5.68. The summed E-state index contributed by atoms with van der Waals surface area (Å²) in [4.78, 5) is 27.7. The molecular weight excluding hydrogens is 352 g/mol. The first-order valence-electron chi connectivity index (χ1n) is 6.99. The van der Waals surface area contributed by atoms with Crippen molar-refractivity contribution >= 4 is 38.2 Å². The van der Waals surface area contributed by atoms with Crippen LogP contribution in [0.4, 0.5) is 5.13 Å². The number of carbonyl (C=O) groups excluding carboxylic acids is 2. The lowest BCUT2D eigenvalue weighted by atomic mass is 10.1. The van der Waals surface area contributed by atoms with Gasteiger partial charge in [0.25, 0.3) is 5.91 Å². The van der Waals surface area contributed by atoms with E-state index >= 15 is 0 Å². The fourth-order valence-electron chi connectivity index (χ4n) is 1.85. The van der Waals surface area contributed by atoms with Crippen molar-refractivity contribution in [3.63, 3.8) is 0 Å². The van der Waals surface area contributed by atoms with Crippen molar-refractivity contribution in [2.75, 3.05) is 18.2 Å². The summed E-state index contributed by atoms with van der Waals surface area (Å²) in [6.07, 6.45) is 1.15. The molecule has 0 saturated carbocycles. The molecule has 0 atom stereocenters. The number of carbonyl (C=O) groups is 2. The zero-order chi connectivity index (χ0) is 17.7. The number of aromatic nitrogens is 1. The smallest absolute Gasteiger partial charge is 0.357 e. The largest absolute Gasteiger partial charge is 0.461 e. The molecule has 7 nitrogen and oxygen atoms in total. The first-order valence-corrected chi connectivity index (χ1v) is 9.93. The van der Waals surface area contributed by atoms with Crippen molar-refractivity contribution < 1.29 is 22.7 Å². The average molecular weight is 368 g/mol. The number of esters is 1. The van der Waals surface area contributed by atoms with Crippen LogP contribution in [0.5, 0.6) is 0 Å². The van der Waals surface area contributed by atoms with E-state index in [0.29, 0.717) is 11.1 Å². The minimum atomic E-state index is -3.12. The van der Waals surface area contributed by atoms with E-state index in [1.165, 1.54) is 17.5 Å². The molecule has 9 heteroatoms. The summed E-state index contributed by atoms with van der Waals surface area (Å²) in [5.74, 6) is -1.02. The second kappa shape index (κ2) is 7.54. The average Bonchev–Trinajstić information content (AvgIpc) is 2.95. The summed E-state index contributed by atoms with van der Waals surface area (Å²) < 4.78 is 27.3. The number of anilines is 1. The molecule has 128 valence electrons. The van der Waals surface area contributed by atoms with E-state index in [1.807, 2.05) is 0 Å². The van der Waals surface area contributed by atoms with Crippen molar-refractivity contribution in [1.29, 1.82) is 0 Å². The maximum absolute atomic E-state index is 12.1. The molecule has 0 fully saturated rings. The summed E-state index contributed by atoms with van der Waals surface area (Å²) >= 11 is 1.11. The quantitative estimate of drug-likeness (QED) is 0.784. The molecule has 0 bridgehead atoms. The number of rotatable bonds is 6. The van der Waals surface area contributed by atoms with Gasteiger partial charge in [-0.3, -0.25) is 10.1 Å². The minimum Gasteiger partial charge on any atom is -0.461 e. The molecule has 24 heavy (non-hydrogen) atoms. The lowest BCUT2D eigenvalue weighted by molar-refractivity contribution is 0.0520. The third kappa shape index (κ3) is 5.14. The molecule has 0 saturated heterocycles. The van der Waals surface area contributed by atoms with Crippen LogP contribution < -0.4 is 5.32 Å². The Balaban J connectivity index is 2.03. The maximum Gasteiger partial charge on any atom is 0.357 e. The third-order valence-corrected chi connectivity index (χ3v) is 4.47. The molecule has 0 aliphatic rings. The fourth-order valence-corrected chi connectivity index (χ4v) is 3.33. The first-order chi connectivity index (χ1) is 11.3. The van der Waals surface area contributed by atoms with Gasteiger partial charge in [-0.15, -0.1) is 11.3 Å². The Bertz CT molecular complexity index is 841. The van der Waals surface area contributed by atoms with Crippen LogP contribution in [-0.4, -0.2) is 38.1 Å². The zero-order valence-corrected chi connectivity index (χ0v) is 14.7. The van der Waals surface area contributed by atoms with Crippen LogP contribution in [0, 0.1) is 0 Å². The van der Waals surface area contributed by atoms with Crippen molar-refractivity contribution in [2.45, 2.75) is 12.7 Å². The monoisotopic (exact) mass is 368 g/mol. The maximum atomic E-state index is 12.1. The highest BCUT2D eigenvalue weighted by Crippen LogP contribution is 2.17. The molecule has 1 N–H and O–H groups in total. The van der Waals surface area contributed by atoms with Gasteiger partial charge >= 0.3 is 5.97 Å². The number of hydrogen-bond acceptors (Lipinski definition) is 7. The number of nitrogens with one attached hydrogen (secondary N) is 1. The highest BCUT2D eigenvalue weighted by atomic mass is 32.2. The van der Waals surface area contributed by atoms with Gasteiger partial charge in [-0.05, 0) is 24.6 Å². The third-order valence-electron chi connectivity index (χ3n) is 2.85. The molecule has 0 radical (unpaired) electrons. The van der Waals surface area contributed by atoms with Gasteiger partial charge in [-0.2, -0.15) is 0 Å². The summed E-state index contributed by atoms with van der Waals surface area (Å²) in [7, 11) is -3.12. The van der Waals surface area contributed by atoms with Crippen molar-refractivity contribution in [3.05, 3.63) is 46.5 Å². The number of sulfone groups is 1. The second-order valence-corrected chi connectivity index (χ2v) is 7.98. The van der Waals surface area contributed by atoms with Gasteiger partial charge in [-0.25, -0.2) is 18.2 Å². The highest BCUT2D eigenvalue weighted by molar-refractivity contribution is 7.89. The lowest BCUT2D eigenvalue weighted by Crippen LogP contribution is -2.12. The van der Waals surface area contributed by atoms with Crippen LogP contribution in [0.3, 0.4) is 0 Å². The molecule has 0 aliphatic heterocycles. The van der Waals surface area contributed by atoms with Gasteiger partial charge in [0, 0.05) is 17.2 Å². The van der Waals surface area contributed by atoms with Crippen LogP contribution in [0.2, 0.25) is 0 Å². The van der Waals surface area contributed by atoms with E-state index in [9.17, 15) is 18.0 Å². The molecule has 0 unspecified atom stereocenters. The first kappa shape index (κ1) is 18.1. The molecule has 1 aromatic heterocycles. The summed E-state index contributed by atoms with van der Waals surface area (Å²) in [6.45, 7) is 1.94. The van der Waals surface area contributed by atoms with E-state index in [4.69, 9.17) is 4.74 Å². The zero-order valence-electron chi connectivity index (χ0n) is 13.1. The predicted octanol–water partition coefficient (Wildman–Crippen LogP) is 2.12. The van der Waals surface area contributed by atoms with Crippen LogP contribution in [0.15, 0.2) is 29.6 Å². The van der Waals surface area contributed by atoms with Gasteiger partial charge in [0.05, 0.1) is 12.4 Å². The molecule has 0 spiro atoms. The summed E-state index contributed by atoms with van der Waals surface area (Å²) in [5, 5.41) is 4.37. The van der Waals surface area contributed by atoms with Crippen molar-refractivity contribution in [2.24, 2.45) is 0 Å². The van der Waals surface area contributed by atoms with Crippen LogP contribution >= 0.6 is 11.3 Å². The van der Waals surface area contributed by atoms with E-state index in [0.717, 1.165) is 17.6 Å². The predicted molar refractivity (Wildman–Crippen MR) is 91.0 cm³/mol. The normalized spacial score (nSPS) is 11.1. The molecule has 1 heterocycles. The van der Waals surface area contributed by atoms with E-state index in [2.05, 4.69) is 10.3 Å². The van der Waals surface area contributed by atoms with Crippen molar-refractivity contribution in [3.8, 4) is 0 Å². The van der Waals surface area contributed by atoms with E-state index in [1.54, 1.807) is 19.1 Å². The SMILES string of the molecule is CCOC(=O)c1csc(NC(=O)c2ccc(CS(C)(=O)=O)cc2)n1. The lowest BCUT2D eigenvalue weighted by Gasteiger charge is -2.04. The standard InChI is InChI=1S/C15H16N2O5S2/c1-3-22-14(19)12-8-23-15(16-12)17-13(18)11-6-4-10(5-7-11)9-24(2,20)21/h4-8H,3,9H2,1-2H3,(H,16,17,18). The Hall–Kier alpha value is -2.26. The Labute approximate surface area is 143 Å². The summed E-state index contributed by atoms with van der Waals surface area (Å²) in [5.41, 5.74) is 1.11. The van der Waals surface area contributed by atoms with E-state index < -0.39 is 21.7 Å². The molecule has 0 aliphatic carbocycles. The van der Waals surface area contributed by atoms with Crippen LogP contribution in [0.1, 0.15) is 33.3 Å². The molecular formula is C15H16N2O5S2. The van der Waals surface area contributed by atoms with Crippen LogP contribution in [-0.2, 0) is 20.3 Å². The number of nitrogens with zero attached hydrogens (tertiary/aromatic N) is 1. The Morgan fingerprint density at radius 1 is 1.25 bits per heavy atom. The Morgan fingerprint density at radius 3 is 2.50 bits per heavy atom. The van der Waals surface area contributed by atoms with Crippen LogP contribution in [0.25, 0.3) is 0 Å². The molecule has 1 aromatic carbocycles. The number of thiazole rings is 1. The second-order valence-electron chi connectivity index (χ2n) is 4.98. The number of ether oxygens (including phenoxy) is 1. The molecule has 1 amide bonds. The van der Waals surface area contributed by atoms with E-state index in [-0.39, 0.29) is 23.2 Å². The summed E-state index contributed by atoms with van der Waals surface area (Å²) in [6, 6.07) is 6.25.